The highest BCUT2D eigenvalue weighted by molar-refractivity contribution is 7.47. The number of hydrogen-bond donors (Lipinski definition) is 2. The molecule has 11 nitrogen and oxygen atoms in total. The maximum atomic E-state index is 12.9. The van der Waals surface area contributed by atoms with E-state index in [2.05, 4.69) is 87.6 Å². The third-order valence-corrected chi connectivity index (χ3v) is 12.6. The van der Waals surface area contributed by atoms with E-state index in [0.717, 1.165) is 83.5 Å². The molecule has 0 aromatic rings. The SMILES string of the molecule is CC/C=C\C/C=C\C/C=C\C/C=C\C/C=C\CCCC(=O)OCC(COP(=O)(O)OCC(CO)OC(=O)CCCCCCCCCCC)OC(=O)CCCCCCCCC/C=C\CCCCCCCC. The monoisotopic (exact) mass is 1000 g/mol. The number of ether oxygens (including phenoxy) is 3. The summed E-state index contributed by atoms with van der Waals surface area (Å²) in [5.41, 5.74) is 0. The van der Waals surface area contributed by atoms with E-state index in [9.17, 15) is 28.9 Å². The van der Waals surface area contributed by atoms with Gasteiger partial charge in [0, 0.05) is 19.3 Å². The van der Waals surface area contributed by atoms with Crippen LogP contribution in [0.2, 0.25) is 0 Å². The third-order valence-electron chi connectivity index (χ3n) is 11.6. The number of carbonyl (C=O) groups excluding carboxylic acids is 3. The Morgan fingerprint density at radius 2 is 0.757 bits per heavy atom. The Labute approximate surface area is 427 Å². The Bertz CT molecular complexity index is 1450. The van der Waals surface area contributed by atoms with Gasteiger partial charge in [0.15, 0.2) is 6.10 Å². The summed E-state index contributed by atoms with van der Waals surface area (Å²) >= 11 is 0. The number of allylic oxidation sites excluding steroid dienone is 12. The summed E-state index contributed by atoms with van der Waals surface area (Å²) < 4.78 is 39.3. The normalized spacial score (nSPS) is 14.0. The number of rotatable bonds is 51. The predicted molar refractivity (Wildman–Crippen MR) is 288 cm³/mol. The van der Waals surface area contributed by atoms with Crippen LogP contribution in [0.25, 0.3) is 0 Å². The van der Waals surface area contributed by atoms with Crippen molar-refractivity contribution in [1.82, 2.24) is 0 Å². The molecule has 0 bridgehead atoms. The van der Waals surface area contributed by atoms with E-state index in [4.69, 9.17) is 23.3 Å². The molecule has 0 aromatic carbocycles. The lowest BCUT2D eigenvalue weighted by atomic mass is 10.1. The molecule has 0 rings (SSSR count). The van der Waals surface area contributed by atoms with Crippen LogP contribution in [0.15, 0.2) is 72.9 Å². The number of carbonyl (C=O) groups is 3. The van der Waals surface area contributed by atoms with Gasteiger partial charge in [-0.25, -0.2) is 4.57 Å². The fourth-order valence-corrected chi connectivity index (χ4v) is 8.17. The summed E-state index contributed by atoms with van der Waals surface area (Å²) in [6.07, 6.45) is 57.4. The first kappa shape index (κ1) is 66.9. The lowest BCUT2D eigenvalue weighted by molar-refractivity contribution is -0.161. The average molecular weight is 1010 g/mol. The summed E-state index contributed by atoms with van der Waals surface area (Å²) in [5, 5.41) is 9.76. The number of hydrogen-bond acceptors (Lipinski definition) is 10. The van der Waals surface area contributed by atoms with E-state index in [1.807, 2.05) is 6.08 Å². The fourth-order valence-electron chi connectivity index (χ4n) is 7.39. The molecule has 12 heteroatoms. The van der Waals surface area contributed by atoms with Gasteiger partial charge in [0.1, 0.15) is 12.7 Å². The molecule has 0 spiro atoms. The highest BCUT2D eigenvalue weighted by atomic mass is 31.2. The van der Waals surface area contributed by atoms with Crippen LogP contribution in [-0.2, 0) is 42.2 Å². The van der Waals surface area contributed by atoms with Crippen molar-refractivity contribution in [2.24, 2.45) is 0 Å². The maximum Gasteiger partial charge on any atom is 0.472 e. The topological polar surface area (TPSA) is 155 Å². The van der Waals surface area contributed by atoms with Gasteiger partial charge in [-0.15, -0.1) is 0 Å². The molecule has 0 radical (unpaired) electrons. The summed E-state index contributed by atoms with van der Waals surface area (Å²) in [4.78, 5) is 48.4. The highest BCUT2D eigenvalue weighted by Gasteiger charge is 2.28. The Morgan fingerprint density at radius 3 is 1.20 bits per heavy atom. The van der Waals surface area contributed by atoms with E-state index in [1.54, 1.807) is 0 Å². The first-order chi connectivity index (χ1) is 34.2. The summed E-state index contributed by atoms with van der Waals surface area (Å²) in [6.45, 7) is 4.44. The van der Waals surface area contributed by atoms with E-state index in [0.29, 0.717) is 25.7 Å². The highest BCUT2D eigenvalue weighted by Crippen LogP contribution is 2.43. The maximum absolute atomic E-state index is 12.9. The van der Waals surface area contributed by atoms with Crippen molar-refractivity contribution in [3.8, 4) is 0 Å². The first-order valence-corrected chi connectivity index (χ1v) is 29.3. The molecular formula is C58H101O11P. The lowest BCUT2D eigenvalue weighted by Gasteiger charge is -2.21. The van der Waals surface area contributed by atoms with Gasteiger partial charge in [0.2, 0.25) is 0 Å². The average Bonchev–Trinajstić information content (AvgIpc) is 3.35. The van der Waals surface area contributed by atoms with Crippen LogP contribution in [-0.4, -0.2) is 66.5 Å². The van der Waals surface area contributed by atoms with Gasteiger partial charge in [0.05, 0.1) is 19.8 Å². The minimum atomic E-state index is -4.75. The molecule has 0 aromatic heterocycles. The summed E-state index contributed by atoms with van der Waals surface area (Å²) in [5.74, 6) is -1.54. The second-order valence-electron chi connectivity index (χ2n) is 18.4. The Kier molecular flexibility index (Phi) is 50.0. The minimum Gasteiger partial charge on any atom is -0.462 e. The van der Waals surface area contributed by atoms with E-state index in [1.165, 1.54) is 89.9 Å². The van der Waals surface area contributed by atoms with Gasteiger partial charge in [-0.3, -0.25) is 23.4 Å². The molecule has 0 aliphatic heterocycles. The van der Waals surface area contributed by atoms with Crippen molar-refractivity contribution in [1.29, 1.82) is 0 Å². The van der Waals surface area contributed by atoms with E-state index >= 15 is 0 Å². The van der Waals surface area contributed by atoms with Crippen LogP contribution in [0.4, 0.5) is 0 Å². The molecule has 0 fully saturated rings. The van der Waals surface area contributed by atoms with E-state index < -0.39 is 57.8 Å². The quantitative estimate of drug-likeness (QED) is 0.0197. The molecule has 0 saturated carbocycles. The molecule has 3 unspecified atom stereocenters. The van der Waals surface area contributed by atoms with Gasteiger partial charge >= 0.3 is 25.7 Å². The molecular weight excluding hydrogens is 904 g/mol. The van der Waals surface area contributed by atoms with Crippen LogP contribution in [0.1, 0.15) is 239 Å². The number of phosphoric ester groups is 1. The smallest absolute Gasteiger partial charge is 0.462 e. The lowest BCUT2D eigenvalue weighted by Crippen LogP contribution is -2.30. The summed E-state index contributed by atoms with van der Waals surface area (Å²) in [6, 6.07) is 0. The van der Waals surface area contributed by atoms with Crippen LogP contribution < -0.4 is 0 Å². The van der Waals surface area contributed by atoms with E-state index in [-0.39, 0.29) is 25.9 Å². The van der Waals surface area contributed by atoms with Crippen molar-refractivity contribution in [3.05, 3.63) is 72.9 Å². The van der Waals surface area contributed by atoms with Gasteiger partial charge in [-0.1, -0.05) is 209 Å². The molecule has 404 valence electrons. The molecule has 0 aliphatic carbocycles. The van der Waals surface area contributed by atoms with Crippen LogP contribution >= 0.6 is 7.82 Å². The predicted octanol–water partition coefficient (Wildman–Crippen LogP) is 16.1. The van der Waals surface area contributed by atoms with Crippen molar-refractivity contribution < 1.29 is 52.2 Å². The second-order valence-corrected chi connectivity index (χ2v) is 19.8. The van der Waals surface area contributed by atoms with Gasteiger partial charge in [0.25, 0.3) is 0 Å². The van der Waals surface area contributed by atoms with Crippen LogP contribution in [0.3, 0.4) is 0 Å². The number of esters is 3. The standard InChI is InChI=1S/C58H101O11P/c1-4-7-10-13-16-19-21-23-25-27-29-31-33-36-38-41-44-47-56(60)65-51-55(69-58(62)49-46-43-40-37-34-32-30-28-26-24-22-20-17-14-11-8-5-2)53-67-70(63,64)66-52-54(50-59)68-57(61)48-45-42-39-35-18-15-12-9-6-3/h7,10,16,19,23-26,29,31,36,38,54-55,59H,4-6,8-9,11-15,17-18,20-22,27-28,30,32-35,37,39-53H2,1-3H3,(H,63,64)/b10-7-,19-16-,25-23-,26-24-,31-29-,38-36-. The molecule has 2 N–H and O–H groups in total. The number of aliphatic hydroxyl groups is 1. The largest absolute Gasteiger partial charge is 0.472 e. The molecule has 0 aliphatic rings. The Balaban J connectivity index is 4.81. The molecule has 0 saturated heterocycles. The summed E-state index contributed by atoms with van der Waals surface area (Å²) in [7, 11) is -4.75. The Morgan fingerprint density at radius 1 is 0.414 bits per heavy atom. The molecule has 0 amide bonds. The van der Waals surface area contributed by atoms with Crippen LogP contribution in [0.5, 0.6) is 0 Å². The zero-order chi connectivity index (χ0) is 51.3. The minimum absolute atomic E-state index is 0.147. The zero-order valence-electron chi connectivity index (χ0n) is 44.5. The first-order valence-electron chi connectivity index (χ1n) is 27.8. The van der Waals surface area contributed by atoms with Crippen molar-refractivity contribution in [2.75, 3.05) is 26.4 Å². The van der Waals surface area contributed by atoms with Crippen molar-refractivity contribution in [3.63, 3.8) is 0 Å². The second kappa shape index (κ2) is 52.2. The number of phosphoric acid groups is 1. The van der Waals surface area contributed by atoms with Crippen molar-refractivity contribution >= 4 is 25.7 Å². The number of aliphatic hydroxyl groups excluding tert-OH is 1. The number of unbranched alkanes of at least 4 members (excludes halogenated alkanes) is 22. The molecule has 3 atom stereocenters. The fraction of sp³-hybridized carbons (Fsp3) is 0.741. The van der Waals surface area contributed by atoms with Gasteiger partial charge in [-0.05, 0) is 83.5 Å². The van der Waals surface area contributed by atoms with Gasteiger partial charge < -0.3 is 24.2 Å². The van der Waals surface area contributed by atoms with Crippen molar-refractivity contribution in [2.45, 2.75) is 251 Å². The van der Waals surface area contributed by atoms with Gasteiger partial charge in [-0.2, -0.15) is 0 Å². The van der Waals surface area contributed by atoms with Crippen LogP contribution in [0, 0.1) is 0 Å². The molecule has 0 heterocycles. The third kappa shape index (κ3) is 49.9. The Hall–Kier alpha value is -3.08. The zero-order valence-corrected chi connectivity index (χ0v) is 45.4. The molecule has 70 heavy (non-hydrogen) atoms.